The standard InChI is InChI=1S/C21H15FN4O2/c22-14-2-4-15(5-3-14)26-17-11-13(12-7-9-25-10-8-12)1-6-16(17)19(27)18(20(26)23)21(24)28/h1-11H,23H2,(H2,24,28). The van der Waals surface area contributed by atoms with Gasteiger partial charge in [0.25, 0.3) is 5.91 Å². The molecule has 2 heterocycles. The van der Waals surface area contributed by atoms with E-state index in [2.05, 4.69) is 4.98 Å². The number of pyridine rings is 2. The van der Waals surface area contributed by atoms with E-state index in [0.29, 0.717) is 11.2 Å². The summed E-state index contributed by atoms with van der Waals surface area (Å²) in [6.07, 6.45) is 3.33. The number of aromatic nitrogens is 2. The summed E-state index contributed by atoms with van der Waals surface area (Å²) in [7, 11) is 0. The van der Waals surface area contributed by atoms with E-state index in [1.165, 1.54) is 28.8 Å². The number of nitrogens with two attached hydrogens (primary N) is 2. The van der Waals surface area contributed by atoms with Crippen LogP contribution < -0.4 is 16.9 Å². The largest absolute Gasteiger partial charge is 0.384 e. The third-order valence-corrected chi connectivity index (χ3v) is 4.55. The van der Waals surface area contributed by atoms with Crippen LogP contribution in [0.5, 0.6) is 0 Å². The SMILES string of the molecule is NC(=O)c1c(N)n(-c2ccc(F)cc2)c2cc(-c3ccncc3)ccc2c1=O. The molecule has 2 aromatic carbocycles. The van der Waals surface area contributed by atoms with Crippen LogP contribution in [0.4, 0.5) is 10.2 Å². The maximum Gasteiger partial charge on any atom is 0.256 e. The molecule has 0 aliphatic rings. The van der Waals surface area contributed by atoms with Crippen LogP contribution in [0.2, 0.25) is 0 Å². The quantitative estimate of drug-likeness (QED) is 0.575. The molecule has 0 aliphatic heterocycles. The average Bonchev–Trinajstić information content (AvgIpc) is 2.69. The van der Waals surface area contributed by atoms with Crippen LogP contribution in [0.15, 0.2) is 71.8 Å². The van der Waals surface area contributed by atoms with Gasteiger partial charge in [0.15, 0.2) is 0 Å². The highest BCUT2D eigenvalue weighted by Gasteiger charge is 2.20. The Morgan fingerprint density at radius 2 is 1.64 bits per heavy atom. The summed E-state index contributed by atoms with van der Waals surface area (Å²) in [6, 6.07) is 14.4. The van der Waals surface area contributed by atoms with Crippen LogP contribution in [0.1, 0.15) is 10.4 Å². The molecular formula is C21H15FN4O2. The number of amides is 1. The Labute approximate surface area is 158 Å². The first-order valence-corrected chi connectivity index (χ1v) is 8.42. The molecular weight excluding hydrogens is 359 g/mol. The highest BCUT2D eigenvalue weighted by atomic mass is 19.1. The third kappa shape index (κ3) is 2.79. The van der Waals surface area contributed by atoms with Crippen LogP contribution >= 0.6 is 0 Å². The molecule has 0 fully saturated rings. The number of benzene rings is 2. The van der Waals surface area contributed by atoms with Gasteiger partial charge in [-0.15, -0.1) is 0 Å². The van der Waals surface area contributed by atoms with Gasteiger partial charge < -0.3 is 11.5 Å². The number of carbonyl (C=O) groups is 1. The molecule has 4 rings (SSSR count). The molecule has 6 nitrogen and oxygen atoms in total. The van der Waals surface area contributed by atoms with Crippen molar-refractivity contribution < 1.29 is 9.18 Å². The van der Waals surface area contributed by atoms with E-state index in [1.807, 2.05) is 12.1 Å². The second kappa shape index (κ2) is 6.62. The molecule has 1 amide bonds. The molecule has 2 aromatic heterocycles. The predicted octanol–water partition coefficient (Wildman–Crippen LogP) is 2.87. The Morgan fingerprint density at radius 1 is 0.964 bits per heavy atom. The number of fused-ring (bicyclic) bond motifs is 1. The second-order valence-electron chi connectivity index (χ2n) is 6.23. The number of anilines is 1. The number of hydrogen-bond acceptors (Lipinski definition) is 4. The van der Waals surface area contributed by atoms with Gasteiger partial charge in [-0.1, -0.05) is 6.07 Å². The monoisotopic (exact) mass is 374 g/mol. The summed E-state index contributed by atoms with van der Waals surface area (Å²) >= 11 is 0. The molecule has 0 radical (unpaired) electrons. The lowest BCUT2D eigenvalue weighted by Crippen LogP contribution is -2.27. The van der Waals surface area contributed by atoms with Crippen LogP contribution in [0.3, 0.4) is 0 Å². The Morgan fingerprint density at radius 3 is 2.29 bits per heavy atom. The summed E-state index contributed by atoms with van der Waals surface area (Å²) in [5, 5.41) is 0.283. The van der Waals surface area contributed by atoms with Crippen LogP contribution in [-0.2, 0) is 0 Å². The molecule has 7 heteroatoms. The summed E-state index contributed by atoms with van der Waals surface area (Å²) in [6.45, 7) is 0. The van der Waals surface area contributed by atoms with Gasteiger partial charge >= 0.3 is 0 Å². The predicted molar refractivity (Wildman–Crippen MR) is 106 cm³/mol. The minimum Gasteiger partial charge on any atom is -0.384 e. The average molecular weight is 374 g/mol. The fourth-order valence-electron chi connectivity index (χ4n) is 3.23. The zero-order valence-corrected chi connectivity index (χ0v) is 14.6. The van der Waals surface area contributed by atoms with Crippen molar-refractivity contribution >= 4 is 22.6 Å². The Balaban J connectivity index is 2.12. The summed E-state index contributed by atoms with van der Waals surface area (Å²) < 4.78 is 14.9. The zero-order chi connectivity index (χ0) is 19.8. The maximum atomic E-state index is 13.4. The molecule has 138 valence electrons. The Hall–Kier alpha value is -4.00. The number of hydrogen-bond donors (Lipinski definition) is 2. The van der Waals surface area contributed by atoms with E-state index >= 15 is 0 Å². The van der Waals surface area contributed by atoms with E-state index in [-0.39, 0.29) is 16.8 Å². The van der Waals surface area contributed by atoms with Gasteiger partial charge in [0.2, 0.25) is 5.43 Å². The summed E-state index contributed by atoms with van der Waals surface area (Å²) in [5.74, 6) is -1.43. The van der Waals surface area contributed by atoms with Crippen molar-refractivity contribution in [2.45, 2.75) is 0 Å². The number of rotatable bonds is 3. The number of nitrogen functional groups attached to an aromatic ring is 1. The van der Waals surface area contributed by atoms with Crippen molar-refractivity contribution in [2.75, 3.05) is 5.73 Å². The first kappa shape index (κ1) is 17.4. The van der Waals surface area contributed by atoms with E-state index < -0.39 is 17.2 Å². The molecule has 0 spiro atoms. The van der Waals surface area contributed by atoms with E-state index in [4.69, 9.17) is 11.5 Å². The number of halogens is 1. The van der Waals surface area contributed by atoms with Crippen molar-refractivity contribution in [3.05, 3.63) is 88.6 Å². The molecule has 0 unspecified atom stereocenters. The lowest BCUT2D eigenvalue weighted by atomic mass is 10.0. The minimum absolute atomic E-state index is 0.0940. The van der Waals surface area contributed by atoms with E-state index in [1.54, 1.807) is 30.6 Å². The molecule has 0 bridgehead atoms. The first-order valence-electron chi connectivity index (χ1n) is 8.42. The van der Waals surface area contributed by atoms with Gasteiger partial charge in [0.1, 0.15) is 17.2 Å². The number of nitrogens with zero attached hydrogens (tertiary/aromatic N) is 2. The highest BCUT2D eigenvalue weighted by molar-refractivity contribution is 6.02. The van der Waals surface area contributed by atoms with Crippen LogP contribution in [0, 0.1) is 5.82 Å². The molecule has 0 saturated carbocycles. The molecule has 28 heavy (non-hydrogen) atoms. The Kier molecular flexibility index (Phi) is 4.12. The lowest BCUT2D eigenvalue weighted by Gasteiger charge is -2.17. The van der Waals surface area contributed by atoms with Gasteiger partial charge in [0.05, 0.1) is 5.52 Å². The molecule has 0 aliphatic carbocycles. The van der Waals surface area contributed by atoms with Crippen molar-refractivity contribution in [1.82, 2.24) is 9.55 Å². The van der Waals surface area contributed by atoms with Crippen LogP contribution in [-0.4, -0.2) is 15.5 Å². The van der Waals surface area contributed by atoms with Gasteiger partial charge in [-0.3, -0.25) is 19.1 Å². The molecule has 0 saturated heterocycles. The number of primary amides is 1. The van der Waals surface area contributed by atoms with Gasteiger partial charge in [-0.2, -0.15) is 0 Å². The smallest absolute Gasteiger partial charge is 0.256 e. The molecule has 4 N–H and O–H groups in total. The third-order valence-electron chi connectivity index (χ3n) is 4.55. The zero-order valence-electron chi connectivity index (χ0n) is 14.6. The fourth-order valence-corrected chi connectivity index (χ4v) is 3.23. The van der Waals surface area contributed by atoms with E-state index in [9.17, 15) is 14.0 Å². The van der Waals surface area contributed by atoms with Gasteiger partial charge in [0, 0.05) is 23.5 Å². The fraction of sp³-hybridized carbons (Fsp3) is 0. The highest BCUT2D eigenvalue weighted by Crippen LogP contribution is 2.28. The van der Waals surface area contributed by atoms with Crippen molar-refractivity contribution in [3.63, 3.8) is 0 Å². The lowest BCUT2D eigenvalue weighted by molar-refractivity contribution is 0.1000. The van der Waals surface area contributed by atoms with Gasteiger partial charge in [-0.25, -0.2) is 4.39 Å². The van der Waals surface area contributed by atoms with Crippen molar-refractivity contribution in [2.24, 2.45) is 5.73 Å². The molecule has 0 atom stereocenters. The minimum atomic E-state index is -0.918. The second-order valence-corrected chi connectivity index (χ2v) is 6.23. The summed E-state index contributed by atoms with van der Waals surface area (Å²) in [5.41, 5.74) is 13.4. The molecule has 4 aromatic rings. The van der Waals surface area contributed by atoms with Crippen LogP contribution in [0.25, 0.3) is 27.7 Å². The van der Waals surface area contributed by atoms with E-state index in [0.717, 1.165) is 11.1 Å². The topological polar surface area (TPSA) is 104 Å². The first-order chi connectivity index (χ1) is 13.5. The normalized spacial score (nSPS) is 10.9. The van der Waals surface area contributed by atoms with Crippen molar-refractivity contribution in [3.8, 4) is 16.8 Å². The van der Waals surface area contributed by atoms with Gasteiger partial charge in [-0.05, 0) is 59.7 Å². The van der Waals surface area contributed by atoms with Crippen molar-refractivity contribution in [1.29, 1.82) is 0 Å². The Bertz CT molecular complexity index is 1270. The number of carbonyl (C=O) groups excluding carboxylic acids is 1. The maximum absolute atomic E-state index is 13.4. The summed E-state index contributed by atoms with van der Waals surface area (Å²) in [4.78, 5) is 28.7.